The summed E-state index contributed by atoms with van der Waals surface area (Å²) in [7, 11) is 0. The summed E-state index contributed by atoms with van der Waals surface area (Å²) < 4.78 is 5.77. The van der Waals surface area contributed by atoms with Crippen LogP contribution in [0.1, 0.15) is 45.4 Å². The summed E-state index contributed by atoms with van der Waals surface area (Å²) in [4.78, 5) is 14.1. The van der Waals surface area contributed by atoms with E-state index in [1.54, 1.807) is 0 Å². The Morgan fingerprint density at radius 2 is 2.18 bits per heavy atom. The highest BCUT2D eigenvalue weighted by molar-refractivity contribution is 5.89. The predicted molar refractivity (Wildman–Crippen MR) is 66.6 cm³/mol. The highest BCUT2D eigenvalue weighted by atomic mass is 16.5. The molecule has 1 aliphatic heterocycles. The minimum Gasteiger partial charge on any atom is -0.378 e. The summed E-state index contributed by atoms with van der Waals surface area (Å²) in [6, 6.07) is 0. The zero-order chi connectivity index (χ0) is 12.3. The number of nitrogens with zero attached hydrogens (tertiary/aromatic N) is 1. The van der Waals surface area contributed by atoms with Crippen LogP contribution in [0.2, 0.25) is 0 Å². The van der Waals surface area contributed by atoms with E-state index in [1.807, 2.05) is 4.90 Å². The van der Waals surface area contributed by atoms with E-state index in [0.717, 1.165) is 58.2 Å². The normalized spacial score (nSPS) is 27.6. The maximum atomic E-state index is 12.1. The van der Waals surface area contributed by atoms with E-state index in [4.69, 9.17) is 10.5 Å². The van der Waals surface area contributed by atoms with Crippen molar-refractivity contribution < 1.29 is 9.53 Å². The quantitative estimate of drug-likeness (QED) is 0.805. The topological polar surface area (TPSA) is 55.6 Å². The third-order valence-corrected chi connectivity index (χ3v) is 3.73. The summed E-state index contributed by atoms with van der Waals surface area (Å²) in [5.74, 6) is 0.161. The maximum Gasteiger partial charge on any atom is 0.242 e. The number of carbonyl (C=O) groups excluding carboxylic acids is 1. The summed E-state index contributed by atoms with van der Waals surface area (Å²) >= 11 is 0. The van der Waals surface area contributed by atoms with Crippen molar-refractivity contribution in [1.82, 2.24) is 4.90 Å². The number of nitrogens with two attached hydrogens (primary N) is 1. The lowest BCUT2D eigenvalue weighted by Gasteiger charge is -2.24. The molecule has 0 spiro atoms. The van der Waals surface area contributed by atoms with E-state index in [2.05, 4.69) is 6.92 Å². The Hall–Kier alpha value is -0.610. The number of amides is 1. The molecule has 0 aromatic carbocycles. The van der Waals surface area contributed by atoms with E-state index in [-0.39, 0.29) is 5.91 Å². The highest BCUT2D eigenvalue weighted by Gasteiger charge is 2.48. The molecule has 1 amide bonds. The lowest BCUT2D eigenvalue weighted by molar-refractivity contribution is -0.133. The standard InChI is InChI=1S/C13H24N2O2/c1-2-10-17-11-4-3-8-15(9-5-11)12(16)13(14)6-7-13/h11H,2-10,14H2,1H3. The van der Waals surface area contributed by atoms with Gasteiger partial charge in [0.25, 0.3) is 0 Å². The summed E-state index contributed by atoms with van der Waals surface area (Å²) in [5, 5.41) is 0. The molecule has 4 heteroatoms. The first-order valence-electron chi connectivity index (χ1n) is 6.85. The van der Waals surface area contributed by atoms with Crippen molar-refractivity contribution in [2.24, 2.45) is 5.73 Å². The van der Waals surface area contributed by atoms with E-state index in [9.17, 15) is 4.79 Å². The first kappa shape index (κ1) is 12.8. The fourth-order valence-electron chi connectivity index (χ4n) is 2.38. The van der Waals surface area contributed by atoms with Gasteiger partial charge in [0, 0.05) is 19.7 Å². The Morgan fingerprint density at radius 3 is 2.82 bits per heavy atom. The molecule has 2 N–H and O–H groups in total. The molecule has 1 heterocycles. The number of hydrogen-bond donors (Lipinski definition) is 1. The van der Waals surface area contributed by atoms with Crippen LogP contribution in [0.15, 0.2) is 0 Å². The van der Waals surface area contributed by atoms with Crippen LogP contribution in [-0.4, -0.2) is 42.1 Å². The number of likely N-dealkylation sites (tertiary alicyclic amines) is 1. The molecule has 17 heavy (non-hydrogen) atoms. The van der Waals surface area contributed by atoms with Gasteiger partial charge in [0.1, 0.15) is 0 Å². The highest BCUT2D eigenvalue weighted by Crippen LogP contribution is 2.34. The molecule has 98 valence electrons. The minimum absolute atomic E-state index is 0.161. The van der Waals surface area contributed by atoms with Crippen molar-refractivity contribution in [3.63, 3.8) is 0 Å². The first-order valence-corrected chi connectivity index (χ1v) is 6.85. The van der Waals surface area contributed by atoms with Crippen LogP contribution < -0.4 is 5.73 Å². The second kappa shape index (κ2) is 5.36. The number of ether oxygens (including phenoxy) is 1. The smallest absolute Gasteiger partial charge is 0.242 e. The maximum absolute atomic E-state index is 12.1. The molecule has 2 rings (SSSR count). The lowest BCUT2D eigenvalue weighted by atomic mass is 10.1. The average Bonchev–Trinajstić information content (AvgIpc) is 3.10. The molecule has 1 aliphatic carbocycles. The van der Waals surface area contributed by atoms with Crippen LogP contribution >= 0.6 is 0 Å². The van der Waals surface area contributed by atoms with Crippen molar-refractivity contribution in [3.05, 3.63) is 0 Å². The molecule has 1 unspecified atom stereocenters. The monoisotopic (exact) mass is 240 g/mol. The van der Waals surface area contributed by atoms with Gasteiger partial charge >= 0.3 is 0 Å². The zero-order valence-corrected chi connectivity index (χ0v) is 10.8. The predicted octanol–water partition coefficient (Wildman–Crippen LogP) is 1.29. The average molecular weight is 240 g/mol. The van der Waals surface area contributed by atoms with Gasteiger partial charge in [-0.15, -0.1) is 0 Å². The van der Waals surface area contributed by atoms with Crippen LogP contribution in [0.25, 0.3) is 0 Å². The molecule has 4 nitrogen and oxygen atoms in total. The molecule has 0 radical (unpaired) electrons. The number of hydrogen-bond acceptors (Lipinski definition) is 3. The van der Waals surface area contributed by atoms with Gasteiger partial charge in [0.2, 0.25) is 5.91 Å². The van der Waals surface area contributed by atoms with Crippen LogP contribution in [0.5, 0.6) is 0 Å². The summed E-state index contributed by atoms with van der Waals surface area (Å²) in [6.07, 6.45) is 6.18. The Labute approximate surface area is 103 Å². The molecule has 0 aromatic heterocycles. The van der Waals surface area contributed by atoms with Crippen molar-refractivity contribution in [3.8, 4) is 0 Å². The Morgan fingerprint density at radius 1 is 1.41 bits per heavy atom. The van der Waals surface area contributed by atoms with Gasteiger partial charge in [-0.2, -0.15) is 0 Å². The van der Waals surface area contributed by atoms with E-state index in [1.165, 1.54) is 0 Å². The third-order valence-electron chi connectivity index (χ3n) is 3.73. The SMILES string of the molecule is CCCOC1CCCN(C(=O)C2(N)CC2)CC1. The fraction of sp³-hybridized carbons (Fsp3) is 0.923. The van der Waals surface area contributed by atoms with E-state index >= 15 is 0 Å². The van der Waals surface area contributed by atoms with Crippen LogP contribution in [0, 0.1) is 0 Å². The largest absolute Gasteiger partial charge is 0.378 e. The minimum atomic E-state index is -0.510. The summed E-state index contributed by atoms with van der Waals surface area (Å²) in [6.45, 7) is 4.62. The zero-order valence-electron chi connectivity index (χ0n) is 10.8. The molecule has 2 fully saturated rings. The molecule has 0 bridgehead atoms. The second-order valence-electron chi connectivity index (χ2n) is 5.37. The van der Waals surface area contributed by atoms with Crippen LogP contribution in [-0.2, 0) is 9.53 Å². The van der Waals surface area contributed by atoms with Crippen molar-refractivity contribution in [1.29, 1.82) is 0 Å². The molecule has 1 atom stereocenters. The molecular weight excluding hydrogens is 216 g/mol. The molecular formula is C13H24N2O2. The van der Waals surface area contributed by atoms with Crippen LogP contribution in [0.4, 0.5) is 0 Å². The van der Waals surface area contributed by atoms with Gasteiger partial charge in [-0.25, -0.2) is 0 Å². The van der Waals surface area contributed by atoms with Gasteiger partial charge < -0.3 is 15.4 Å². The van der Waals surface area contributed by atoms with Crippen molar-refractivity contribution in [2.75, 3.05) is 19.7 Å². The summed E-state index contributed by atoms with van der Waals surface area (Å²) in [5.41, 5.74) is 5.45. The van der Waals surface area contributed by atoms with Crippen molar-refractivity contribution in [2.45, 2.75) is 57.1 Å². The van der Waals surface area contributed by atoms with Crippen LogP contribution in [0.3, 0.4) is 0 Å². The molecule has 1 saturated heterocycles. The Bertz CT molecular complexity index is 277. The van der Waals surface area contributed by atoms with Gasteiger partial charge in [-0.1, -0.05) is 6.92 Å². The van der Waals surface area contributed by atoms with E-state index in [0.29, 0.717) is 6.10 Å². The third kappa shape index (κ3) is 3.19. The molecule has 0 aromatic rings. The second-order valence-corrected chi connectivity index (χ2v) is 5.37. The van der Waals surface area contributed by atoms with E-state index < -0.39 is 5.54 Å². The van der Waals surface area contributed by atoms with Gasteiger partial charge in [0.05, 0.1) is 11.6 Å². The first-order chi connectivity index (χ1) is 8.15. The molecule has 2 aliphatic rings. The Balaban J connectivity index is 1.81. The van der Waals surface area contributed by atoms with Gasteiger partial charge in [-0.05, 0) is 38.5 Å². The van der Waals surface area contributed by atoms with Gasteiger partial charge in [-0.3, -0.25) is 4.79 Å². The van der Waals surface area contributed by atoms with Crippen molar-refractivity contribution >= 4 is 5.91 Å². The lowest BCUT2D eigenvalue weighted by Crippen LogP contribution is -2.46. The Kier molecular flexibility index (Phi) is 4.05. The molecule has 1 saturated carbocycles. The van der Waals surface area contributed by atoms with Gasteiger partial charge in [0.15, 0.2) is 0 Å². The number of rotatable bonds is 4. The fourth-order valence-corrected chi connectivity index (χ4v) is 2.38. The number of carbonyl (C=O) groups is 1.